The van der Waals surface area contributed by atoms with Crippen LogP contribution in [-0.4, -0.2) is 56.2 Å². The zero-order valence-corrected chi connectivity index (χ0v) is 15.3. The number of nitrogens with one attached hydrogen (secondary N) is 2. The zero-order valence-electron chi connectivity index (χ0n) is 15.3. The summed E-state index contributed by atoms with van der Waals surface area (Å²) in [6, 6.07) is 1.78. The van der Waals surface area contributed by atoms with E-state index in [4.69, 9.17) is 24.3 Å². The van der Waals surface area contributed by atoms with Crippen molar-refractivity contribution in [2.24, 2.45) is 0 Å². The number of hydrogen-bond donors (Lipinski definition) is 4. The van der Waals surface area contributed by atoms with Crippen LogP contribution in [0.4, 0.5) is 32.3 Å². The number of hydrogen-bond acceptors (Lipinski definition) is 8. The topological polar surface area (TPSA) is 150 Å². The van der Waals surface area contributed by atoms with E-state index < -0.39 is 24.3 Å². The number of rotatable bonds is 3. The highest BCUT2D eigenvalue weighted by atomic mass is 19.4. The summed E-state index contributed by atoms with van der Waals surface area (Å²) in [5.41, 5.74) is 2.10. The number of carbonyl (C=O) groups is 2. The summed E-state index contributed by atoms with van der Waals surface area (Å²) in [6.45, 7) is 2.37. The van der Waals surface area contributed by atoms with Crippen LogP contribution in [0, 0.1) is 0 Å². The number of alkyl halides is 6. The minimum absolute atomic E-state index is 0.588. The van der Waals surface area contributed by atoms with Crippen LogP contribution >= 0.6 is 0 Å². The largest absolute Gasteiger partial charge is 0.490 e. The van der Waals surface area contributed by atoms with E-state index in [0.717, 1.165) is 31.0 Å². The predicted octanol–water partition coefficient (Wildman–Crippen LogP) is 1.99. The zero-order chi connectivity index (χ0) is 23.7. The van der Waals surface area contributed by atoms with Crippen molar-refractivity contribution in [3.05, 3.63) is 35.5 Å². The van der Waals surface area contributed by atoms with Crippen LogP contribution in [0.25, 0.3) is 0 Å². The smallest absolute Gasteiger partial charge is 0.475 e. The third-order valence-corrected chi connectivity index (χ3v) is 3.25. The number of aliphatic carboxylic acids is 2. The third-order valence-electron chi connectivity index (χ3n) is 3.25. The van der Waals surface area contributed by atoms with E-state index in [-0.39, 0.29) is 0 Å². The summed E-state index contributed by atoms with van der Waals surface area (Å²) in [4.78, 5) is 26.0. The maximum atomic E-state index is 10.6. The molecule has 3 heterocycles. The summed E-state index contributed by atoms with van der Waals surface area (Å²) in [7, 11) is 0. The lowest BCUT2D eigenvalue weighted by molar-refractivity contribution is -0.193. The number of aromatic nitrogens is 3. The van der Waals surface area contributed by atoms with Crippen LogP contribution in [0.1, 0.15) is 17.0 Å². The Labute approximate surface area is 169 Å². The first-order chi connectivity index (χ1) is 14.3. The van der Waals surface area contributed by atoms with E-state index in [2.05, 4.69) is 25.8 Å². The van der Waals surface area contributed by atoms with Crippen LogP contribution < -0.4 is 10.6 Å². The molecule has 0 aliphatic carbocycles. The number of fused-ring (bicyclic) bond motifs is 1. The van der Waals surface area contributed by atoms with Crippen molar-refractivity contribution in [3.63, 3.8) is 0 Å². The monoisotopic (exact) mass is 459 g/mol. The molecule has 0 atom stereocenters. The van der Waals surface area contributed by atoms with Gasteiger partial charge in [-0.25, -0.2) is 19.6 Å². The van der Waals surface area contributed by atoms with E-state index in [1.54, 1.807) is 18.5 Å². The lowest BCUT2D eigenvalue weighted by atomic mass is 10.1. The van der Waals surface area contributed by atoms with Gasteiger partial charge in [0.15, 0.2) is 0 Å². The summed E-state index contributed by atoms with van der Waals surface area (Å²) in [5.74, 6) is -3.91. The molecule has 0 unspecified atom stereocenters. The third kappa shape index (κ3) is 9.28. The highest BCUT2D eigenvalue weighted by Gasteiger charge is 2.38. The van der Waals surface area contributed by atoms with Gasteiger partial charge >= 0.3 is 24.3 Å². The van der Waals surface area contributed by atoms with Gasteiger partial charge in [-0.05, 0) is 6.07 Å². The van der Waals surface area contributed by atoms with Crippen molar-refractivity contribution in [2.45, 2.75) is 31.9 Å². The first kappa shape index (κ1) is 25.6. The molecule has 0 aromatic carbocycles. The van der Waals surface area contributed by atoms with Crippen LogP contribution in [0.3, 0.4) is 0 Å². The van der Waals surface area contributed by atoms with Gasteiger partial charge < -0.3 is 25.4 Å². The molecule has 31 heavy (non-hydrogen) atoms. The minimum atomic E-state index is -5.08. The van der Waals surface area contributed by atoms with E-state index in [1.807, 2.05) is 0 Å². The van der Waals surface area contributed by atoms with Crippen molar-refractivity contribution in [1.29, 1.82) is 0 Å². The van der Waals surface area contributed by atoms with Gasteiger partial charge in [-0.2, -0.15) is 26.3 Å². The first-order valence-electron chi connectivity index (χ1n) is 8.10. The Morgan fingerprint density at radius 3 is 2.06 bits per heavy atom. The lowest BCUT2D eigenvalue weighted by Gasteiger charge is -2.11. The molecule has 0 bridgehead atoms. The molecule has 10 nitrogen and oxygen atoms in total. The van der Waals surface area contributed by atoms with Crippen molar-refractivity contribution in [1.82, 2.24) is 20.4 Å². The fourth-order valence-electron chi connectivity index (χ4n) is 1.89. The molecular formula is C15H15F6N5O5. The number of anilines is 1. The molecule has 0 amide bonds. The molecule has 0 saturated heterocycles. The fourth-order valence-corrected chi connectivity index (χ4v) is 1.89. The Balaban J connectivity index is 0.000000288. The highest BCUT2D eigenvalue weighted by molar-refractivity contribution is 5.73. The normalized spacial score (nSPS) is 13.0. The average Bonchev–Trinajstić information content (AvgIpc) is 3.10. The number of nitrogens with zero attached hydrogens (tertiary/aromatic N) is 3. The first-order valence-corrected chi connectivity index (χ1v) is 8.10. The maximum absolute atomic E-state index is 10.6. The quantitative estimate of drug-likeness (QED) is 0.502. The molecule has 1 aliphatic rings. The molecule has 4 N–H and O–H groups in total. The highest BCUT2D eigenvalue weighted by Crippen LogP contribution is 2.18. The number of carboxylic acid groups (broad SMARTS) is 2. The standard InChI is InChI=1S/C11H13N5O.2C2HF3O2/c1-3-13-11(14-4-1)15-7-9-8-6-12-5-2-10(8)17-16-9;2*3-2(4,5)1(6)7/h1,3-4,12H,2,5-7H2,(H,13,14,15);2*(H,6,7). The molecule has 0 radical (unpaired) electrons. The van der Waals surface area contributed by atoms with Crippen LogP contribution in [-0.2, 0) is 29.1 Å². The fraction of sp³-hybridized carbons (Fsp3) is 0.400. The van der Waals surface area contributed by atoms with E-state index in [1.165, 1.54) is 5.56 Å². The molecule has 2 aromatic heterocycles. The number of carboxylic acids is 2. The van der Waals surface area contributed by atoms with Gasteiger partial charge in [-0.1, -0.05) is 5.16 Å². The van der Waals surface area contributed by atoms with Crippen molar-refractivity contribution in [2.75, 3.05) is 11.9 Å². The second kappa shape index (κ2) is 11.1. The molecule has 0 spiro atoms. The minimum Gasteiger partial charge on any atom is -0.475 e. The predicted molar refractivity (Wildman–Crippen MR) is 88.7 cm³/mol. The molecule has 0 saturated carbocycles. The van der Waals surface area contributed by atoms with Gasteiger partial charge in [0.1, 0.15) is 11.5 Å². The molecule has 3 rings (SSSR count). The van der Waals surface area contributed by atoms with Crippen molar-refractivity contribution < 1.29 is 50.7 Å². The molecule has 0 fully saturated rings. The summed E-state index contributed by atoms with van der Waals surface area (Å²) >= 11 is 0. The Morgan fingerprint density at radius 2 is 1.58 bits per heavy atom. The second-order valence-electron chi connectivity index (χ2n) is 5.49. The second-order valence-corrected chi connectivity index (χ2v) is 5.49. The summed E-state index contributed by atoms with van der Waals surface area (Å²) < 4.78 is 68.8. The molecule has 2 aromatic rings. The SMILES string of the molecule is O=C(O)C(F)(F)F.O=C(O)C(F)(F)F.c1cnc(NCc2noc3c2CNCC3)nc1. The molecular weight excluding hydrogens is 444 g/mol. The Morgan fingerprint density at radius 1 is 1.06 bits per heavy atom. The van der Waals surface area contributed by atoms with E-state index in [0.29, 0.717) is 12.5 Å². The Bertz CT molecular complexity index is 832. The van der Waals surface area contributed by atoms with Crippen LogP contribution in [0.5, 0.6) is 0 Å². The molecule has 172 valence electrons. The van der Waals surface area contributed by atoms with Gasteiger partial charge in [0, 0.05) is 37.5 Å². The molecule has 16 heteroatoms. The van der Waals surface area contributed by atoms with E-state index >= 15 is 0 Å². The van der Waals surface area contributed by atoms with Crippen molar-refractivity contribution >= 4 is 17.9 Å². The van der Waals surface area contributed by atoms with Crippen molar-refractivity contribution in [3.8, 4) is 0 Å². The maximum Gasteiger partial charge on any atom is 0.490 e. The summed E-state index contributed by atoms with van der Waals surface area (Å²) in [6.07, 6.45) is -5.85. The number of halogens is 6. The Kier molecular flexibility index (Phi) is 9.16. The summed E-state index contributed by atoms with van der Waals surface area (Å²) in [5, 5.41) is 24.8. The average molecular weight is 459 g/mol. The van der Waals surface area contributed by atoms with Gasteiger partial charge in [-0.3, -0.25) is 0 Å². The van der Waals surface area contributed by atoms with Gasteiger partial charge in [0.25, 0.3) is 0 Å². The van der Waals surface area contributed by atoms with Gasteiger partial charge in [0.05, 0.1) is 6.54 Å². The van der Waals surface area contributed by atoms with Crippen LogP contribution in [0.2, 0.25) is 0 Å². The lowest BCUT2D eigenvalue weighted by Crippen LogP contribution is -2.23. The van der Waals surface area contributed by atoms with E-state index in [9.17, 15) is 26.3 Å². The van der Waals surface area contributed by atoms with Gasteiger partial charge in [0.2, 0.25) is 5.95 Å². The van der Waals surface area contributed by atoms with Crippen LogP contribution in [0.15, 0.2) is 23.0 Å². The van der Waals surface area contributed by atoms with Gasteiger partial charge in [-0.15, -0.1) is 0 Å². The Hall–Kier alpha value is -3.43. The molecule has 1 aliphatic heterocycles.